The summed E-state index contributed by atoms with van der Waals surface area (Å²) < 4.78 is 10.6. The Labute approximate surface area is 175 Å². The van der Waals surface area contributed by atoms with Crippen LogP contribution >= 0.6 is 0 Å². The number of piperazine rings is 1. The van der Waals surface area contributed by atoms with Crippen LogP contribution in [-0.2, 0) is 9.59 Å². The minimum Gasteiger partial charge on any atom is -0.493 e. The number of methoxy groups -OCH3 is 2. The van der Waals surface area contributed by atoms with E-state index in [4.69, 9.17) is 9.47 Å². The molecule has 0 spiro atoms. The number of anilines is 2. The molecule has 158 valence electrons. The molecule has 0 N–H and O–H groups in total. The van der Waals surface area contributed by atoms with Crippen molar-refractivity contribution in [2.24, 2.45) is 5.92 Å². The molecule has 1 atom stereocenters. The van der Waals surface area contributed by atoms with Crippen LogP contribution in [0.4, 0.5) is 11.6 Å². The number of carbonyl (C=O) groups is 2. The van der Waals surface area contributed by atoms with Crippen LogP contribution < -0.4 is 19.3 Å². The third kappa shape index (κ3) is 3.87. The van der Waals surface area contributed by atoms with Crippen molar-refractivity contribution in [3.63, 3.8) is 0 Å². The van der Waals surface area contributed by atoms with Crippen LogP contribution in [0, 0.1) is 5.92 Å². The minimum absolute atomic E-state index is 0.0277. The normalized spacial score (nSPS) is 19.2. The Bertz CT molecular complexity index is 915. The highest BCUT2D eigenvalue weighted by Gasteiger charge is 2.38. The predicted octanol–water partition coefficient (Wildman–Crippen LogP) is 1.20. The first kappa shape index (κ1) is 19.9. The van der Waals surface area contributed by atoms with Gasteiger partial charge in [-0.1, -0.05) is 0 Å². The van der Waals surface area contributed by atoms with Crippen molar-refractivity contribution in [2.75, 3.05) is 56.7 Å². The molecule has 2 aromatic rings. The topological polar surface area (TPSA) is 88.1 Å². The Hall–Kier alpha value is -3.36. The Kier molecular flexibility index (Phi) is 5.69. The fraction of sp³-hybridized carbons (Fsp3) is 0.429. The summed E-state index contributed by atoms with van der Waals surface area (Å²) in [6, 6.07) is 7.12. The van der Waals surface area contributed by atoms with Gasteiger partial charge < -0.3 is 24.2 Å². The second kappa shape index (κ2) is 8.56. The van der Waals surface area contributed by atoms with Gasteiger partial charge in [0.25, 0.3) is 0 Å². The summed E-state index contributed by atoms with van der Waals surface area (Å²) in [7, 11) is 3.12. The number of carbonyl (C=O) groups excluding carboxylic acids is 2. The van der Waals surface area contributed by atoms with Crippen molar-refractivity contribution in [1.29, 1.82) is 0 Å². The number of amides is 2. The van der Waals surface area contributed by atoms with Crippen molar-refractivity contribution >= 4 is 23.5 Å². The smallest absolute Gasteiger partial charge is 0.228 e. The number of hydrogen-bond acceptors (Lipinski definition) is 7. The maximum absolute atomic E-state index is 13.0. The van der Waals surface area contributed by atoms with E-state index in [1.54, 1.807) is 49.7 Å². The van der Waals surface area contributed by atoms with E-state index in [0.717, 1.165) is 0 Å². The van der Waals surface area contributed by atoms with Crippen molar-refractivity contribution in [1.82, 2.24) is 14.9 Å². The van der Waals surface area contributed by atoms with E-state index in [0.29, 0.717) is 55.9 Å². The molecular formula is C21H25N5O4. The Morgan fingerprint density at radius 3 is 2.40 bits per heavy atom. The lowest BCUT2D eigenvalue weighted by atomic mass is 10.1. The molecule has 2 fully saturated rings. The summed E-state index contributed by atoms with van der Waals surface area (Å²) in [5.74, 6) is 1.46. The number of nitrogens with zero attached hydrogens (tertiary/aromatic N) is 5. The van der Waals surface area contributed by atoms with Crippen molar-refractivity contribution in [2.45, 2.75) is 6.42 Å². The van der Waals surface area contributed by atoms with Gasteiger partial charge in [-0.15, -0.1) is 0 Å². The van der Waals surface area contributed by atoms with Gasteiger partial charge in [-0.05, 0) is 18.2 Å². The highest BCUT2D eigenvalue weighted by molar-refractivity contribution is 6.00. The zero-order valence-electron chi connectivity index (χ0n) is 17.2. The van der Waals surface area contributed by atoms with Gasteiger partial charge in [0.2, 0.25) is 17.8 Å². The van der Waals surface area contributed by atoms with Crippen LogP contribution in [0.2, 0.25) is 0 Å². The van der Waals surface area contributed by atoms with E-state index in [2.05, 4.69) is 14.9 Å². The van der Waals surface area contributed by atoms with Crippen LogP contribution in [0.15, 0.2) is 36.7 Å². The molecule has 0 aliphatic carbocycles. The number of rotatable bonds is 5. The fourth-order valence-corrected chi connectivity index (χ4v) is 3.95. The second-order valence-corrected chi connectivity index (χ2v) is 7.31. The molecule has 0 saturated carbocycles. The van der Waals surface area contributed by atoms with Crippen molar-refractivity contribution < 1.29 is 19.1 Å². The van der Waals surface area contributed by atoms with Gasteiger partial charge in [0.1, 0.15) is 0 Å². The summed E-state index contributed by atoms with van der Waals surface area (Å²) in [5, 5.41) is 0. The summed E-state index contributed by atoms with van der Waals surface area (Å²) in [4.78, 5) is 39.8. The zero-order chi connectivity index (χ0) is 21.1. The van der Waals surface area contributed by atoms with Crippen LogP contribution in [0.3, 0.4) is 0 Å². The van der Waals surface area contributed by atoms with Crippen LogP contribution in [0.5, 0.6) is 11.5 Å². The van der Waals surface area contributed by atoms with E-state index < -0.39 is 0 Å². The molecule has 1 aromatic heterocycles. The molecule has 2 amide bonds. The maximum Gasteiger partial charge on any atom is 0.228 e. The van der Waals surface area contributed by atoms with Gasteiger partial charge in [0.15, 0.2) is 11.5 Å². The third-order valence-corrected chi connectivity index (χ3v) is 5.58. The Balaban J connectivity index is 1.39. The molecule has 2 aliphatic rings. The zero-order valence-corrected chi connectivity index (χ0v) is 17.2. The standard InChI is InChI=1S/C21H25N5O4/c1-29-17-5-4-16(13-18(17)30-2)26-14-15(12-19(26)27)20(28)24-8-10-25(11-9-24)21-22-6-3-7-23-21/h3-7,13,15H,8-12,14H2,1-2H3. The molecule has 3 heterocycles. The molecular weight excluding hydrogens is 386 g/mol. The van der Waals surface area contributed by atoms with E-state index in [-0.39, 0.29) is 24.2 Å². The lowest BCUT2D eigenvalue weighted by Gasteiger charge is -2.35. The van der Waals surface area contributed by atoms with Crippen molar-refractivity contribution in [3.8, 4) is 11.5 Å². The minimum atomic E-state index is -0.342. The molecule has 9 heteroatoms. The highest BCUT2D eigenvalue weighted by atomic mass is 16.5. The molecule has 30 heavy (non-hydrogen) atoms. The summed E-state index contributed by atoms with van der Waals surface area (Å²) in [5.41, 5.74) is 0.707. The van der Waals surface area contributed by atoms with Gasteiger partial charge in [-0.25, -0.2) is 9.97 Å². The summed E-state index contributed by atoms with van der Waals surface area (Å²) in [6.07, 6.45) is 3.65. The van der Waals surface area contributed by atoms with Crippen molar-refractivity contribution in [3.05, 3.63) is 36.7 Å². The molecule has 0 radical (unpaired) electrons. The van der Waals surface area contributed by atoms with Crippen LogP contribution in [-0.4, -0.2) is 73.6 Å². The quantitative estimate of drug-likeness (QED) is 0.730. The first-order chi connectivity index (χ1) is 14.6. The lowest BCUT2D eigenvalue weighted by Crippen LogP contribution is -2.51. The monoisotopic (exact) mass is 411 g/mol. The molecule has 4 rings (SSSR count). The van der Waals surface area contributed by atoms with E-state index in [1.807, 2.05) is 11.0 Å². The van der Waals surface area contributed by atoms with Crippen LogP contribution in [0.1, 0.15) is 6.42 Å². The molecule has 1 unspecified atom stereocenters. The Morgan fingerprint density at radius 2 is 1.73 bits per heavy atom. The third-order valence-electron chi connectivity index (χ3n) is 5.58. The van der Waals surface area contributed by atoms with Gasteiger partial charge >= 0.3 is 0 Å². The number of hydrogen-bond donors (Lipinski definition) is 0. The summed E-state index contributed by atoms with van der Waals surface area (Å²) in [6.45, 7) is 2.91. The molecule has 0 bridgehead atoms. The van der Waals surface area contributed by atoms with Gasteiger partial charge in [0, 0.05) is 63.3 Å². The summed E-state index contributed by atoms with van der Waals surface area (Å²) >= 11 is 0. The van der Waals surface area contributed by atoms with E-state index >= 15 is 0 Å². The van der Waals surface area contributed by atoms with E-state index in [9.17, 15) is 9.59 Å². The van der Waals surface area contributed by atoms with Crippen LogP contribution in [0.25, 0.3) is 0 Å². The lowest BCUT2D eigenvalue weighted by molar-refractivity contribution is -0.136. The molecule has 1 aromatic carbocycles. The highest BCUT2D eigenvalue weighted by Crippen LogP contribution is 2.34. The Morgan fingerprint density at radius 1 is 1.03 bits per heavy atom. The first-order valence-electron chi connectivity index (χ1n) is 9.94. The van der Waals surface area contributed by atoms with Gasteiger partial charge in [0.05, 0.1) is 20.1 Å². The van der Waals surface area contributed by atoms with Gasteiger partial charge in [-0.3, -0.25) is 9.59 Å². The second-order valence-electron chi connectivity index (χ2n) is 7.31. The average Bonchev–Trinajstić information content (AvgIpc) is 3.20. The number of aromatic nitrogens is 2. The average molecular weight is 411 g/mol. The maximum atomic E-state index is 13.0. The fourth-order valence-electron chi connectivity index (χ4n) is 3.95. The van der Waals surface area contributed by atoms with Gasteiger partial charge in [-0.2, -0.15) is 0 Å². The molecule has 2 saturated heterocycles. The largest absolute Gasteiger partial charge is 0.493 e. The number of ether oxygens (including phenoxy) is 2. The van der Waals surface area contributed by atoms with E-state index in [1.165, 1.54) is 0 Å². The SMILES string of the molecule is COc1ccc(N2CC(C(=O)N3CCN(c4ncccn4)CC3)CC2=O)cc1OC. The first-order valence-corrected chi connectivity index (χ1v) is 9.94. The predicted molar refractivity (Wildman–Crippen MR) is 111 cm³/mol. The number of benzene rings is 1. The molecule has 9 nitrogen and oxygen atoms in total. The molecule has 2 aliphatic heterocycles.